The summed E-state index contributed by atoms with van der Waals surface area (Å²) in [6.07, 6.45) is 7.82. The van der Waals surface area contributed by atoms with Gasteiger partial charge < -0.3 is 10.6 Å². The van der Waals surface area contributed by atoms with Crippen LogP contribution < -0.4 is 10.6 Å². The predicted octanol–water partition coefficient (Wildman–Crippen LogP) is 3.54. The van der Waals surface area contributed by atoms with Crippen LogP contribution in [0.1, 0.15) is 44.6 Å². The predicted molar refractivity (Wildman–Crippen MR) is 98.8 cm³/mol. The minimum atomic E-state index is -0.101. The minimum Gasteiger partial charge on any atom is -0.326 e. The fourth-order valence-corrected chi connectivity index (χ4v) is 3.77. The summed E-state index contributed by atoms with van der Waals surface area (Å²) >= 11 is 1.40. The molecule has 3 rings (SSSR count). The summed E-state index contributed by atoms with van der Waals surface area (Å²) in [6.45, 7) is 1.47. The molecule has 0 aromatic heterocycles. The van der Waals surface area contributed by atoms with E-state index in [-0.39, 0.29) is 11.8 Å². The van der Waals surface area contributed by atoms with Crippen molar-refractivity contribution in [2.75, 3.05) is 5.32 Å². The summed E-state index contributed by atoms with van der Waals surface area (Å²) in [4.78, 5) is 28.5. The molecule has 6 heteroatoms. The second kappa shape index (κ2) is 7.66. The Hall–Kier alpha value is -2.08. The van der Waals surface area contributed by atoms with E-state index in [1.165, 1.54) is 37.9 Å². The molecule has 2 amide bonds. The maximum Gasteiger partial charge on any atom is 0.264 e. The summed E-state index contributed by atoms with van der Waals surface area (Å²) in [5.41, 5.74) is 1.66. The summed E-state index contributed by atoms with van der Waals surface area (Å²) in [7, 11) is 0. The normalized spacial score (nSPS) is 22.0. The number of benzene rings is 1. The molecule has 1 saturated carbocycles. The second-order valence-corrected chi connectivity index (χ2v) is 7.12. The number of rotatable bonds is 3. The highest BCUT2D eigenvalue weighted by atomic mass is 32.2. The Labute approximate surface area is 146 Å². The van der Waals surface area contributed by atoms with Crippen LogP contribution in [0.15, 0.2) is 34.2 Å². The fourth-order valence-electron chi connectivity index (χ4n) is 2.88. The van der Waals surface area contributed by atoms with E-state index in [0.717, 1.165) is 24.1 Å². The van der Waals surface area contributed by atoms with E-state index in [0.29, 0.717) is 16.1 Å². The zero-order valence-corrected chi connectivity index (χ0v) is 14.5. The Morgan fingerprint density at radius 2 is 1.96 bits per heavy atom. The van der Waals surface area contributed by atoms with Crippen molar-refractivity contribution in [3.05, 3.63) is 34.7 Å². The molecule has 24 heavy (non-hydrogen) atoms. The van der Waals surface area contributed by atoms with Gasteiger partial charge in [-0.1, -0.05) is 31.4 Å². The lowest BCUT2D eigenvalue weighted by molar-refractivity contribution is -0.115. The Kier molecular flexibility index (Phi) is 5.35. The van der Waals surface area contributed by atoms with Gasteiger partial charge in [0.05, 0.1) is 10.9 Å². The van der Waals surface area contributed by atoms with E-state index in [1.54, 1.807) is 0 Å². The van der Waals surface area contributed by atoms with Crippen molar-refractivity contribution in [1.29, 1.82) is 0 Å². The average Bonchev–Trinajstić information content (AvgIpc) is 2.89. The molecule has 1 aromatic carbocycles. The summed E-state index contributed by atoms with van der Waals surface area (Å²) in [6, 6.07) is 7.74. The number of hydrogen-bond acceptors (Lipinski definition) is 4. The van der Waals surface area contributed by atoms with Gasteiger partial charge in [0, 0.05) is 12.6 Å². The van der Waals surface area contributed by atoms with Gasteiger partial charge in [0.1, 0.15) is 0 Å². The van der Waals surface area contributed by atoms with Crippen LogP contribution in [0, 0.1) is 0 Å². The molecule has 0 spiro atoms. The first-order valence-corrected chi connectivity index (χ1v) is 9.08. The fraction of sp³-hybridized carbons (Fsp3) is 0.389. The molecule has 0 radical (unpaired) electrons. The molecule has 1 aliphatic heterocycles. The number of carbonyl (C=O) groups excluding carboxylic acids is 2. The van der Waals surface area contributed by atoms with Crippen molar-refractivity contribution in [3.63, 3.8) is 0 Å². The molecule has 1 saturated heterocycles. The van der Waals surface area contributed by atoms with Gasteiger partial charge in [-0.25, -0.2) is 0 Å². The highest BCUT2D eigenvalue weighted by molar-refractivity contribution is 8.18. The molecule has 1 aliphatic carbocycles. The van der Waals surface area contributed by atoms with E-state index >= 15 is 0 Å². The highest BCUT2D eigenvalue weighted by Crippen LogP contribution is 2.28. The Bertz CT molecular complexity index is 689. The third-order valence-electron chi connectivity index (χ3n) is 4.05. The van der Waals surface area contributed by atoms with Crippen LogP contribution in [0.3, 0.4) is 0 Å². The van der Waals surface area contributed by atoms with E-state index < -0.39 is 0 Å². The van der Waals surface area contributed by atoms with Crippen molar-refractivity contribution < 1.29 is 9.59 Å². The monoisotopic (exact) mass is 343 g/mol. The van der Waals surface area contributed by atoms with E-state index in [1.807, 2.05) is 30.3 Å². The number of amidine groups is 1. The van der Waals surface area contributed by atoms with Crippen molar-refractivity contribution in [2.45, 2.75) is 45.1 Å². The lowest BCUT2D eigenvalue weighted by Gasteiger charge is -2.17. The van der Waals surface area contributed by atoms with Crippen molar-refractivity contribution in [2.24, 2.45) is 4.99 Å². The van der Waals surface area contributed by atoms with Gasteiger partial charge in [0.15, 0.2) is 5.17 Å². The SMILES string of the molecule is CC(=O)Nc1ccc(/C=C2/SC(=NC3CCCCC3)NC2=O)cc1. The number of carbonyl (C=O) groups is 2. The molecule has 2 aliphatic rings. The summed E-state index contributed by atoms with van der Waals surface area (Å²) in [5, 5.41) is 6.30. The van der Waals surface area contributed by atoms with Gasteiger partial charge in [0.25, 0.3) is 5.91 Å². The van der Waals surface area contributed by atoms with Crippen molar-refractivity contribution >= 4 is 40.5 Å². The zero-order valence-electron chi connectivity index (χ0n) is 13.7. The molecule has 2 fully saturated rings. The topological polar surface area (TPSA) is 70.6 Å². The molecule has 0 unspecified atom stereocenters. The first kappa shape index (κ1) is 16.8. The molecule has 0 bridgehead atoms. The van der Waals surface area contributed by atoms with Gasteiger partial charge in [-0.05, 0) is 48.4 Å². The Balaban J connectivity index is 1.67. The average molecular weight is 343 g/mol. The number of thioether (sulfide) groups is 1. The van der Waals surface area contributed by atoms with Gasteiger partial charge >= 0.3 is 0 Å². The van der Waals surface area contributed by atoms with Crippen LogP contribution in [0.5, 0.6) is 0 Å². The summed E-state index contributed by atoms with van der Waals surface area (Å²) < 4.78 is 0. The van der Waals surface area contributed by atoms with Crippen LogP contribution in [0.25, 0.3) is 6.08 Å². The minimum absolute atomic E-state index is 0.0968. The molecule has 5 nitrogen and oxygen atoms in total. The molecule has 1 aromatic rings. The van der Waals surface area contributed by atoms with Gasteiger partial charge in [-0.2, -0.15) is 0 Å². The second-order valence-electron chi connectivity index (χ2n) is 6.09. The number of anilines is 1. The van der Waals surface area contributed by atoms with Crippen LogP contribution in [0.2, 0.25) is 0 Å². The zero-order chi connectivity index (χ0) is 16.9. The van der Waals surface area contributed by atoms with Gasteiger partial charge in [-0.3, -0.25) is 14.6 Å². The molecule has 2 N–H and O–H groups in total. The third-order valence-corrected chi connectivity index (χ3v) is 4.98. The number of aliphatic imine (C=N–C) groups is 1. The number of nitrogens with one attached hydrogen (secondary N) is 2. The summed E-state index contributed by atoms with van der Waals surface area (Å²) in [5.74, 6) is -0.198. The maximum absolute atomic E-state index is 12.1. The Morgan fingerprint density at radius 3 is 2.62 bits per heavy atom. The smallest absolute Gasteiger partial charge is 0.264 e. The standard InChI is InChI=1S/C18H21N3O2S/c1-12(22)19-15-9-7-13(8-10-15)11-16-17(23)21-18(24-16)20-14-5-3-2-4-6-14/h7-11,14H,2-6H2,1H3,(H,19,22)(H,20,21,23)/b16-11+. The highest BCUT2D eigenvalue weighted by Gasteiger charge is 2.25. The number of hydrogen-bond donors (Lipinski definition) is 2. The van der Waals surface area contributed by atoms with E-state index in [9.17, 15) is 9.59 Å². The van der Waals surface area contributed by atoms with Gasteiger partial charge in [0.2, 0.25) is 5.91 Å². The van der Waals surface area contributed by atoms with Crippen molar-refractivity contribution in [3.8, 4) is 0 Å². The quantitative estimate of drug-likeness (QED) is 0.825. The van der Waals surface area contributed by atoms with Crippen LogP contribution in [-0.2, 0) is 9.59 Å². The molecule has 1 heterocycles. The first-order valence-electron chi connectivity index (χ1n) is 8.26. The Morgan fingerprint density at radius 1 is 1.25 bits per heavy atom. The maximum atomic E-state index is 12.1. The van der Waals surface area contributed by atoms with Crippen molar-refractivity contribution in [1.82, 2.24) is 5.32 Å². The molecule has 126 valence electrons. The van der Waals surface area contributed by atoms with Crippen LogP contribution in [-0.4, -0.2) is 23.0 Å². The van der Waals surface area contributed by atoms with Gasteiger partial charge in [-0.15, -0.1) is 0 Å². The molecule has 0 atom stereocenters. The molecular formula is C18H21N3O2S. The lowest BCUT2D eigenvalue weighted by Crippen LogP contribution is -2.22. The first-order chi connectivity index (χ1) is 11.6. The van der Waals surface area contributed by atoms with E-state index in [4.69, 9.17) is 0 Å². The molecular weight excluding hydrogens is 322 g/mol. The lowest BCUT2D eigenvalue weighted by atomic mass is 9.96. The van der Waals surface area contributed by atoms with E-state index in [2.05, 4.69) is 15.6 Å². The third kappa shape index (κ3) is 4.47. The van der Waals surface area contributed by atoms with Crippen LogP contribution >= 0.6 is 11.8 Å². The largest absolute Gasteiger partial charge is 0.326 e. The number of amides is 2. The number of nitrogens with zero attached hydrogens (tertiary/aromatic N) is 1. The van der Waals surface area contributed by atoms with Crippen LogP contribution in [0.4, 0.5) is 5.69 Å².